The average Bonchev–Trinajstić information content (AvgIpc) is 2.35. The maximum absolute atomic E-state index is 12.4. The fourth-order valence-corrected chi connectivity index (χ4v) is 5.31. The standard InChI is InChI=1S/C14H15O2PS2.Na/c1-11-7-3-5-9-13(11)16-17(15,18)19-14-10-6-4-8-12(14)2;/h3-10H,1-2H3,(H,15,18);/q;+1/p-1. The van der Waals surface area contributed by atoms with E-state index in [0.29, 0.717) is 5.75 Å². The Bertz CT molecular complexity index is 583. The van der Waals surface area contributed by atoms with E-state index in [1.165, 1.54) is 0 Å². The van der Waals surface area contributed by atoms with Crippen molar-refractivity contribution in [1.82, 2.24) is 0 Å². The van der Waals surface area contributed by atoms with Gasteiger partial charge in [-0.3, -0.25) is 0 Å². The topological polar surface area (TPSA) is 32.3 Å². The Morgan fingerprint density at radius 3 is 2.15 bits per heavy atom. The number of hydrogen-bond acceptors (Lipinski definition) is 4. The largest absolute Gasteiger partial charge is 1.00 e. The third-order valence-electron chi connectivity index (χ3n) is 2.61. The first-order valence-corrected chi connectivity index (χ1v) is 9.85. The van der Waals surface area contributed by atoms with Crippen molar-refractivity contribution < 1.29 is 39.0 Å². The van der Waals surface area contributed by atoms with Gasteiger partial charge in [-0.25, -0.2) is 0 Å². The van der Waals surface area contributed by atoms with Crippen LogP contribution >= 0.6 is 17.1 Å². The molecule has 0 aliphatic carbocycles. The van der Waals surface area contributed by atoms with Gasteiger partial charge in [0.2, 0.25) is 0 Å². The summed E-state index contributed by atoms with van der Waals surface area (Å²) in [5, 5.41) is 0. The monoisotopic (exact) mass is 332 g/mol. The summed E-state index contributed by atoms with van der Waals surface area (Å²) in [7, 11) is 0. The first-order chi connectivity index (χ1) is 8.98. The second kappa shape index (κ2) is 8.00. The van der Waals surface area contributed by atoms with Gasteiger partial charge in [0.05, 0.1) is 0 Å². The summed E-state index contributed by atoms with van der Waals surface area (Å²) in [6, 6.07) is 15.1. The minimum atomic E-state index is -3.19. The minimum Gasteiger partial charge on any atom is -0.783 e. The van der Waals surface area contributed by atoms with Crippen molar-refractivity contribution in [2.24, 2.45) is 0 Å². The number of rotatable bonds is 4. The zero-order valence-corrected chi connectivity index (χ0v) is 16.2. The van der Waals surface area contributed by atoms with Crippen LogP contribution in [0.3, 0.4) is 0 Å². The van der Waals surface area contributed by atoms with E-state index in [0.717, 1.165) is 27.4 Å². The minimum absolute atomic E-state index is 0. The molecule has 1 atom stereocenters. The van der Waals surface area contributed by atoms with Crippen molar-refractivity contribution in [2.75, 3.05) is 0 Å². The van der Waals surface area contributed by atoms with Gasteiger partial charge in [-0.1, -0.05) is 59.6 Å². The van der Waals surface area contributed by atoms with Crippen LogP contribution in [0.15, 0.2) is 53.4 Å². The molecule has 2 aromatic carbocycles. The maximum Gasteiger partial charge on any atom is 1.00 e. The molecule has 0 N–H and O–H groups in total. The van der Waals surface area contributed by atoms with Gasteiger partial charge < -0.3 is 9.42 Å². The first kappa shape index (κ1) is 18.2. The van der Waals surface area contributed by atoms with Crippen LogP contribution in [0, 0.1) is 13.8 Å². The van der Waals surface area contributed by atoms with Gasteiger partial charge in [0.15, 0.2) is 0 Å². The van der Waals surface area contributed by atoms with Gasteiger partial charge in [-0.15, -0.1) is 0 Å². The molecule has 0 aromatic heterocycles. The van der Waals surface area contributed by atoms with E-state index >= 15 is 0 Å². The number of hydrogen-bond donors (Lipinski definition) is 0. The fourth-order valence-electron chi connectivity index (χ4n) is 1.58. The quantitative estimate of drug-likeness (QED) is 0.619. The van der Waals surface area contributed by atoms with Crippen LogP contribution < -0.4 is 39.0 Å². The molecule has 20 heavy (non-hydrogen) atoms. The molecule has 2 rings (SSSR count). The third kappa shape index (κ3) is 5.19. The molecule has 0 saturated heterocycles. The zero-order valence-electron chi connectivity index (χ0n) is 11.7. The number of para-hydroxylation sites is 1. The predicted octanol–water partition coefficient (Wildman–Crippen LogP) is 1.06. The molecule has 100 valence electrons. The molecule has 0 spiro atoms. The van der Waals surface area contributed by atoms with Crippen LogP contribution in [0.5, 0.6) is 5.75 Å². The second-order valence-corrected chi connectivity index (χ2v) is 9.99. The SMILES string of the molecule is Cc1ccccc1OP([O-])(=S)Sc1ccccc1C.[Na+]. The number of benzene rings is 2. The van der Waals surface area contributed by atoms with Crippen LogP contribution in [0.1, 0.15) is 11.1 Å². The molecule has 6 heteroatoms. The summed E-state index contributed by atoms with van der Waals surface area (Å²) in [6.45, 7) is 3.87. The molecule has 0 amide bonds. The van der Waals surface area contributed by atoms with Crippen LogP contribution in [-0.4, -0.2) is 0 Å². The Kier molecular flexibility index (Phi) is 7.30. The van der Waals surface area contributed by atoms with E-state index < -0.39 is 5.69 Å². The molecule has 2 aromatic rings. The smallest absolute Gasteiger partial charge is 0.783 e. The molecule has 1 unspecified atom stereocenters. The summed E-state index contributed by atoms with van der Waals surface area (Å²) >= 11 is 6.25. The Labute approximate surface area is 151 Å². The number of aryl methyl sites for hydroxylation is 2. The van der Waals surface area contributed by atoms with Crippen molar-refractivity contribution >= 4 is 28.9 Å². The Hall–Kier alpha value is 0.200. The van der Waals surface area contributed by atoms with E-state index in [9.17, 15) is 4.89 Å². The average molecular weight is 332 g/mol. The summed E-state index contributed by atoms with van der Waals surface area (Å²) in [5.41, 5.74) is -1.21. The van der Waals surface area contributed by atoms with Crippen molar-refractivity contribution in [1.29, 1.82) is 0 Å². The molecule has 0 heterocycles. The van der Waals surface area contributed by atoms with Gasteiger partial charge in [-0.05, 0) is 37.1 Å². The molecular weight excluding hydrogens is 318 g/mol. The van der Waals surface area contributed by atoms with Crippen LogP contribution in [-0.2, 0) is 11.8 Å². The van der Waals surface area contributed by atoms with E-state index in [2.05, 4.69) is 0 Å². The van der Waals surface area contributed by atoms with E-state index in [1.807, 2.05) is 56.3 Å². The molecule has 0 aliphatic heterocycles. The van der Waals surface area contributed by atoms with E-state index in [4.69, 9.17) is 16.3 Å². The van der Waals surface area contributed by atoms with Crippen LogP contribution in [0.25, 0.3) is 0 Å². The maximum atomic E-state index is 12.4. The van der Waals surface area contributed by atoms with Crippen molar-refractivity contribution in [3.05, 3.63) is 59.7 Å². The summed E-state index contributed by atoms with van der Waals surface area (Å²) in [6.07, 6.45) is 0. The van der Waals surface area contributed by atoms with Crippen LogP contribution in [0.4, 0.5) is 0 Å². The van der Waals surface area contributed by atoms with Gasteiger partial charge in [0.25, 0.3) is 0 Å². The van der Waals surface area contributed by atoms with Gasteiger partial charge >= 0.3 is 29.6 Å². The summed E-state index contributed by atoms with van der Waals surface area (Å²) < 4.78 is 5.52. The first-order valence-electron chi connectivity index (χ1n) is 5.79. The van der Waals surface area contributed by atoms with Gasteiger partial charge in [-0.2, -0.15) is 0 Å². The zero-order chi connectivity index (χ0) is 13.9. The van der Waals surface area contributed by atoms with Crippen LogP contribution in [0.2, 0.25) is 0 Å². The molecule has 0 aliphatic rings. The molecule has 2 nitrogen and oxygen atoms in total. The van der Waals surface area contributed by atoms with Crippen molar-refractivity contribution in [3.8, 4) is 5.75 Å². The summed E-state index contributed by atoms with van der Waals surface area (Å²) in [4.78, 5) is 13.3. The Morgan fingerprint density at radius 2 is 1.55 bits per heavy atom. The molecule has 0 radical (unpaired) electrons. The summed E-state index contributed by atoms with van der Waals surface area (Å²) in [5.74, 6) is 0.585. The van der Waals surface area contributed by atoms with E-state index in [1.54, 1.807) is 6.07 Å². The van der Waals surface area contributed by atoms with Crippen molar-refractivity contribution in [2.45, 2.75) is 18.7 Å². The predicted molar refractivity (Wildman–Crippen MR) is 83.1 cm³/mol. The third-order valence-corrected chi connectivity index (χ3v) is 6.29. The normalized spacial score (nSPS) is 13.2. The molecule has 0 fully saturated rings. The Balaban J connectivity index is 0.00000200. The second-order valence-electron chi connectivity index (χ2n) is 4.16. The molecular formula is C14H14NaO2PS2. The Morgan fingerprint density at radius 1 is 1.00 bits per heavy atom. The molecule has 0 bridgehead atoms. The van der Waals surface area contributed by atoms with Crippen molar-refractivity contribution in [3.63, 3.8) is 0 Å². The van der Waals surface area contributed by atoms with E-state index in [-0.39, 0.29) is 29.6 Å². The van der Waals surface area contributed by atoms with Gasteiger partial charge in [0.1, 0.15) is 11.4 Å². The van der Waals surface area contributed by atoms with Gasteiger partial charge in [0, 0.05) is 4.90 Å². The fraction of sp³-hybridized carbons (Fsp3) is 0.143. The molecule has 0 saturated carbocycles.